The molecule has 0 unspecified atom stereocenters. The van der Waals surface area contributed by atoms with Crippen molar-refractivity contribution in [3.05, 3.63) is 48.2 Å². The van der Waals surface area contributed by atoms with Crippen molar-refractivity contribution in [3.8, 4) is 0 Å². The van der Waals surface area contributed by atoms with E-state index in [1.807, 2.05) is 0 Å². The molecule has 0 aliphatic carbocycles. The largest absolute Gasteiger partial charge is 0.453 e. The SMILES string of the molecule is COC(=O)NCc1cc(C(=O)Nc2ccncn2)ccn1. The number of anilines is 1. The second-order valence-corrected chi connectivity index (χ2v) is 3.93. The summed E-state index contributed by atoms with van der Waals surface area (Å²) in [7, 11) is 1.27. The first-order chi connectivity index (χ1) is 10.2. The van der Waals surface area contributed by atoms with Crippen LogP contribution in [0.25, 0.3) is 0 Å². The molecule has 0 fully saturated rings. The number of rotatable bonds is 4. The van der Waals surface area contributed by atoms with Gasteiger partial charge >= 0.3 is 6.09 Å². The molecule has 0 saturated heterocycles. The number of nitrogens with one attached hydrogen (secondary N) is 2. The van der Waals surface area contributed by atoms with Crippen molar-refractivity contribution in [2.24, 2.45) is 0 Å². The van der Waals surface area contributed by atoms with Gasteiger partial charge in [0.2, 0.25) is 0 Å². The van der Waals surface area contributed by atoms with Gasteiger partial charge in [0.25, 0.3) is 5.91 Å². The lowest BCUT2D eigenvalue weighted by molar-refractivity contribution is 0.102. The molecule has 0 aliphatic heterocycles. The lowest BCUT2D eigenvalue weighted by atomic mass is 10.2. The van der Waals surface area contributed by atoms with Gasteiger partial charge in [-0.05, 0) is 18.2 Å². The number of nitrogens with zero attached hydrogens (tertiary/aromatic N) is 3. The molecule has 0 spiro atoms. The van der Waals surface area contributed by atoms with Gasteiger partial charge in [-0.3, -0.25) is 9.78 Å². The highest BCUT2D eigenvalue weighted by molar-refractivity contribution is 6.03. The molecule has 2 rings (SSSR count). The third-order valence-electron chi connectivity index (χ3n) is 2.50. The molecule has 108 valence electrons. The number of ether oxygens (including phenoxy) is 1. The number of alkyl carbamates (subject to hydrolysis) is 1. The van der Waals surface area contributed by atoms with Crippen molar-refractivity contribution in [1.29, 1.82) is 0 Å². The van der Waals surface area contributed by atoms with Gasteiger partial charge in [-0.1, -0.05) is 0 Å². The van der Waals surface area contributed by atoms with Gasteiger partial charge in [0.05, 0.1) is 19.3 Å². The molecule has 8 nitrogen and oxygen atoms in total. The van der Waals surface area contributed by atoms with Crippen LogP contribution in [0.15, 0.2) is 36.9 Å². The number of hydrogen-bond donors (Lipinski definition) is 2. The molecule has 0 aliphatic rings. The fourth-order valence-corrected chi connectivity index (χ4v) is 1.50. The zero-order valence-corrected chi connectivity index (χ0v) is 11.2. The van der Waals surface area contributed by atoms with Gasteiger partial charge in [0.15, 0.2) is 0 Å². The van der Waals surface area contributed by atoms with E-state index in [1.165, 1.54) is 25.8 Å². The summed E-state index contributed by atoms with van der Waals surface area (Å²) in [6, 6.07) is 4.73. The van der Waals surface area contributed by atoms with Crippen molar-refractivity contribution in [2.45, 2.75) is 6.54 Å². The summed E-state index contributed by atoms with van der Waals surface area (Å²) in [5.74, 6) is 0.0801. The van der Waals surface area contributed by atoms with E-state index in [0.717, 1.165) is 0 Å². The number of amides is 2. The van der Waals surface area contributed by atoms with Crippen molar-refractivity contribution in [3.63, 3.8) is 0 Å². The Hall–Kier alpha value is -3.03. The molecule has 0 bridgehead atoms. The topological polar surface area (TPSA) is 106 Å². The van der Waals surface area contributed by atoms with Crippen LogP contribution in [0, 0.1) is 0 Å². The van der Waals surface area contributed by atoms with E-state index in [4.69, 9.17) is 0 Å². The Morgan fingerprint density at radius 2 is 2.10 bits per heavy atom. The molecule has 2 aromatic heterocycles. The van der Waals surface area contributed by atoms with Crippen molar-refractivity contribution in [1.82, 2.24) is 20.3 Å². The normalized spacial score (nSPS) is 9.76. The van der Waals surface area contributed by atoms with Crippen molar-refractivity contribution in [2.75, 3.05) is 12.4 Å². The van der Waals surface area contributed by atoms with Crippen LogP contribution in [-0.2, 0) is 11.3 Å². The minimum absolute atomic E-state index is 0.168. The molecular formula is C13H13N5O3. The zero-order chi connectivity index (χ0) is 15.1. The Labute approximate surface area is 120 Å². The van der Waals surface area contributed by atoms with Crippen LogP contribution in [0.5, 0.6) is 0 Å². The number of carbonyl (C=O) groups excluding carboxylic acids is 2. The summed E-state index contributed by atoms with van der Waals surface area (Å²) >= 11 is 0. The van der Waals surface area contributed by atoms with Crippen molar-refractivity contribution >= 4 is 17.8 Å². The summed E-state index contributed by atoms with van der Waals surface area (Å²) in [5.41, 5.74) is 0.945. The molecule has 2 N–H and O–H groups in total. The summed E-state index contributed by atoms with van der Waals surface area (Å²) in [6.45, 7) is 0.168. The average Bonchev–Trinajstić information content (AvgIpc) is 2.53. The Morgan fingerprint density at radius 3 is 2.81 bits per heavy atom. The number of pyridine rings is 1. The van der Waals surface area contributed by atoms with Crippen LogP contribution in [0.3, 0.4) is 0 Å². The summed E-state index contributed by atoms with van der Waals surface area (Å²) in [5, 5.41) is 5.12. The van der Waals surface area contributed by atoms with Gasteiger partial charge in [-0.2, -0.15) is 0 Å². The summed E-state index contributed by atoms with van der Waals surface area (Å²) < 4.78 is 4.46. The van der Waals surface area contributed by atoms with Crippen LogP contribution >= 0.6 is 0 Å². The van der Waals surface area contributed by atoms with E-state index in [0.29, 0.717) is 17.1 Å². The molecule has 21 heavy (non-hydrogen) atoms. The van der Waals surface area contributed by atoms with E-state index in [1.54, 1.807) is 18.2 Å². The van der Waals surface area contributed by atoms with E-state index < -0.39 is 6.09 Å². The fourth-order valence-electron chi connectivity index (χ4n) is 1.50. The lowest BCUT2D eigenvalue weighted by Gasteiger charge is -2.06. The Kier molecular flexibility index (Phi) is 4.75. The molecule has 0 saturated carbocycles. The molecule has 0 aromatic carbocycles. The Bertz CT molecular complexity index is 633. The second-order valence-electron chi connectivity index (χ2n) is 3.93. The Morgan fingerprint density at radius 1 is 1.24 bits per heavy atom. The first kappa shape index (κ1) is 14.4. The second kappa shape index (κ2) is 6.94. The zero-order valence-electron chi connectivity index (χ0n) is 11.2. The maximum absolute atomic E-state index is 12.0. The van der Waals surface area contributed by atoms with Crippen LogP contribution in [0.1, 0.15) is 16.1 Å². The molecular weight excluding hydrogens is 274 g/mol. The quantitative estimate of drug-likeness (QED) is 0.868. The fraction of sp³-hybridized carbons (Fsp3) is 0.154. The smallest absolute Gasteiger partial charge is 0.407 e. The van der Waals surface area contributed by atoms with Crippen molar-refractivity contribution < 1.29 is 14.3 Å². The predicted molar refractivity (Wildman–Crippen MR) is 73.5 cm³/mol. The number of aromatic nitrogens is 3. The Balaban J connectivity index is 2.03. The van der Waals surface area contributed by atoms with Gasteiger partial charge in [0, 0.05) is 18.0 Å². The molecule has 2 amide bonds. The van der Waals surface area contributed by atoms with E-state index >= 15 is 0 Å². The van der Waals surface area contributed by atoms with Crippen LogP contribution in [0.4, 0.5) is 10.6 Å². The number of methoxy groups -OCH3 is 1. The number of hydrogen-bond acceptors (Lipinski definition) is 6. The van der Waals surface area contributed by atoms with Gasteiger partial charge < -0.3 is 15.4 Å². The molecule has 0 radical (unpaired) electrons. The molecule has 8 heteroatoms. The van der Waals surface area contributed by atoms with Crippen LogP contribution < -0.4 is 10.6 Å². The minimum Gasteiger partial charge on any atom is -0.453 e. The maximum atomic E-state index is 12.0. The standard InChI is InChI=1S/C13H13N5O3/c1-21-13(20)16-7-10-6-9(2-5-15-10)12(19)18-11-3-4-14-8-17-11/h2-6,8H,7H2,1H3,(H,16,20)(H,14,17,18,19). The third-order valence-corrected chi connectivity index (χ3v) is 2.50. The molecule has 2 aromatic rings. The predicted octanol–water partition coefficient (Wildman–Crippen LogP) is 0.980. The number of carbonyl (C=O) groups is 2. The summed E-state index contributed by atoms with van der Waals surface area (Å²) in [6.07, 6.45) is 3.80. The first-order valence-corrected chi connectivity index (χ1v) is 6.03. The maximum Gasteiger partial charge on any atom is 0.407 e. The van der Waals surface area contributed by atoms with E-state index in [9.17, 15) is 9.59 Å². The molecule has 2 heterocycles. The first-order valence-electron chi connectivity index (χ1n) is 6.03. The van der Waals surface area contributed by atoms with Crippen LogP contribution in [0.2, 0.25) is 0 Å². The highest BCUT2D eigenvalue weighted by atomic mass is 16.5. The summed E-state index contributed by atoms with van der Waals surface area (Å²) in [4.78, 5) is 34.8. The van der Waals surface area contributed by atoms with Crippen LogP contribution in [-0.4, -0.2) is 34.1 Å². The average molecular weight is 287 g/mol. The lowest BCUT2D eigenvalue weighted by Crippen LogP contribution is -2.23. The highest BCUT2D eigenvalue weighted by Crippen LogP contribution is 2.06. The molecule has 0 atom stereocenters. The minimum atomic E-state index is -0.562. The highest BCUT2D eigenvalue weighted by Gasteiger charge is 2.08. The van der Waals surface area contributed by atoms with Gasteiger partial charge in [-0.25, -0.2) is 14.8 Å². The van der Waals surface area contributed by atoms with Gasteiger partial charge in [-0.15, -0.1) is 0 Å². The van der Waals surface area contributed by atoms with Gasteiger partial charge in [0.1, 0.15) is 12.1 Å². The van der Waals surface area contributed by atoms with E-state index in [2.05, 4.69) is 30.3 Å². The monoisotopic (exact) mass is 287 g/mol. The third kappa shape index (κ3) is 4.23. The van der Waals surface area contributed by atoms with E-state index in [-0.39, 0.29) is 12.5 Å².